The Hall–Kier alpha value is -4.26. The molecule has 2 heterocycles. The van der Waals surface area contributed by atoms with Crippen LogP contribution >= 0.6 is 0 Å². The van der Waals surface area contributed by atoms with Gasteiger partial charge in [-0.25, -0.2) is 13.2 Å². The topological polar surface area (TPSA) is 79.8 Å². The first-order valence-corrected chi connectivity index (χ1v) is 12.8. The van der Waals surface area contributed by atoms with Crippen molar-refractivity contribution in [2.75, 3.05) is 13.3 Å². The summed E-state index contributed by atoms with van der Waals surface area (Å²) in [6.45, 7) is -1.02. The highest BCUT2D eigenvalue weighted by atomic mass is 19.4. The van der Waals surface area contributed by atoms with E-state index in [2.05, 4.69) is 4.98 Å². The summed E-state index contributed by atoms with van der Waals surface area (Å²) in [7, 11) is 0. The SMILES string of the molecule is C[C@H](N(Cc1ccc(F)cc1)C(=O)CN1CO[C@]2(C(=O)Cc3cc(-c4cncc(C(F)F)c4)ccc32)C1=O)C(F)(F)F. The van der Waals surface area contributed by atoms with Crippen LogP contribution in [0, 0.1) is 5.82 Å². The van der Waals surface area contributed by atoms with E-state index in [4.69, 9.17) is 4.74 Å². The first-order chi connectivity index (χ1) is 19.8. The largest absolute Gasteiger partial charge is 0.408 e. The molecule has 1 aromatic heterocycles. The van der Waals surface area contributed by atoms with Crippen LogP contribution in [0.5, 0.6) is 0 Å². The van der Waals surface area contributed by atoms with E-state index in [0.717, 1.165) is 30.2 Å². The predicted octanol–water partition coefficient (Wildman–Crippen LogP) is 4.94. The zero-order valence-electron chi connectivity index (χ0n) is 22.0. The number of carbonyl (C=O) groups is 3. The number of hydrogen-bond acceptors (Lipinski definition) is 5. The Bertz CT molecular complexity index is 1550. The summed E-state index contributed by atoms with van der Waals surface area (Å²) in [5.74, 6) is -3.17. The summed E-state index contributed by atoms with van der Waals surface area (Å²) in [4.78, 5) is 45.1. The van der Waals surface area contributed by atoms with Crippen molar-refractivity contribution >= 4 is 17.6 Å². The second-order valence-electron chi connectivity index (χ2n) is 10.1. The van der Waals surface area contributed by atoms with Crippen LogP contribution in [0.1, 0.15) is 35.6 Å². The molecule has 2 atom stereocenters. The Morgan fingerprint density at radius 3 is 2.45 bits per heavy atom. The Labute approximate surface area is 235 Å². The zero-order chi connectivity index (χ0) is 30.4. The molecule has 2 aromatic carbocycles. The molecule has 3 aromatic rings. The molecule has 220 valence electrons. The molecule has 1 aliphatic heterocycles. The summed E-state index contributed by atoms with van der Waals surface area (Å²) >= 11 is 0. The number of aromatic nitrogens is 1. The number of carbonyl (C=O) groups excluding carboxylic acids is 3. The fourth-order valence-corrected chi connectivity index (χ4v) is 5.13. The molecule has 42 heavy (non-hydrogen) atoms. The minimum absolute atomic E-state index is 0.209. The van der Waals surface area contributed by atoms with Crippen LogP contribution in [-0.2, 0) is 37.7 Å². The van der Waals surface area contributed by atoms with E-state index >= 15 is 0 Å². The highest BCUT2D eigenvalue weighted by Crippen LogP contribution is 2.44. The van der Waals surface area contributed by atoms with Gasteiger partial charge < -0.3 is 14.5 Å². The molecule has 0 bridgehead atoms. The molecule has 0 N–H and O–H groups in total. The first kappa shape index (κ1) is 29.2. The summed E-state index contributed by atoms with van der Waals surface area (Å²) in [5, 5.41) is 0. The summed E-state index contributed by atoms with van der Waals surface area (Å²) in [5.41, 5.74) is -0.659. The number of ketones is 1. The van der Waals surface area contributed by atoms with Crippen LogP contribution in [0.15, 0.2) is 60.9 Å². The van der Waals surface area contributed by atoms with E-state index in [1.54, 1.807) is 6.07 Å². The molecule has 2 amide bonds. The van der Waals surface area contributed by atoms with Crippen LogP contribution < -0.4 is 0 Å². The van der Waals surface area contributed by atoms with Gasteiger partial charge in [-0.3, -0.25) is 19.4 Å². The number of alkyl halides is 5. The molecule has 1 fully saturated rings. The summed E-state index contributed by atoms with van der Waals surface area (Å²) in [6, 6.07) is 8.18. The monoisotopic (exact) mass is 591 g/mol. The van der Waals surface area contributed by atoms with Gasteiger partial charge in [0.05, 0.1) is 0 Å². The number of rotatable bonds is 7. The number of nitrogens with zero attached hydrogens (tertiary/aromatic N) is 3. The van der Waals surface area contributed by atoms with Crippen molar-refractivity contribution in [3.05, 3.63) is 89.0 Å². The molecule has 1 spiro atoms. The number of ether oxygens (including phenoxy) is 1. The van der Waals surface area contributed by atoms with Crippen molar-refractivity contribution in [2.24, 2.45) is 0 Å². The second-order valence-corrected chi connectivity index (χ2v) is 10.1. The number of fused-ring (bicyclic) bond motifs is 2. The lowest BCUT2D eigenvalue weighted by Gasteiger charge is -2.32. The number of hydrogen-bond donors (Lipinski definition) is 0. The van der Waals surface area contributed by atoms with Gasteiger partial charge in [0.25, 0.3) is 12.3 Å². The number of halogens is 6. The van der Waals surface area contributed by atoms with Crippen LogP contribution in [-0.4, -0.2) is 57.9 Å². The van der Waals surface area contributed by atoms with Gasteiger partial charge in [0.15, 0.2) is 5.78 Å². The number of pyridine rings is 1. The van der Waals surface area contributed by atoms with E-state index in [9.17, 15) is 40.7 Å². The van der Waals surface area contributed by atoms with Gasteiger partial charge >= 0.3 is 6.18 Å². The highest BCUT2D eigenvalue weighted by Gasteiger charge is 2.59. The van der Waals surface area contributed by atoms with Crippen molar-refractivity contribution in [1.82, 2.24) is 14.8 Å². The van der Waals surface area contributed by atoms with Crippen molar-refractivity contribution < 1.29 is 45.5 Å². The maximum absolute atomic E-state index is 13.6. The van der Waals surface area contributed by atoms with Crippen LogP contribution in [0.25, 0.3) is 11.1 Å². The molecular formula is C29H23F6N3O4. The summed E-state index contributed by atoms with van der Waals surface area (Å²) < 4.78 is 86.2. The minimum atomic E-state index is -4.79. The molecule has 13 heteroatoms. The lowest BCUT2D eigenvalue weighted by atomic mass is 9.92. The molecular weight excluding hydrogens is 568 g/mol. The summed E-state index contributed by atoms with van der Waals surface area (Å²) in [6.07, 6.45) is -5.33. The van der Waals surface area contributed by atoms with Gasteiger partial charge in [0.2, 0.25) is 11.5 Å². The molecule has 0 unspecified atom stereocenters. The van der Waals surface area contributed by atoms with Gasteiger partial charge in [-0.1, -0.05) is 30.3 Å². The zero-order valence-corrected chi connectivity index (χ0v) is 22.0. The van der Waals surface area contributed by atoms with Crippen molar-refractivity contribution in [2.45, 2.75) is 44.1 Å². The second kappa shape index (κ2) is 10.9. The average molecular weight is 592 g/mol. The van der Waals surface area contributed by atoms with Crippen molar-refractivity contribution in [1.29, 1.82) is 0 Å². The molecule has 1 aliphatic carbocycles. The fraction of sp³-hybridized carbons (Fsp3) is 0.310. The first-order valence-electron chi connectivity index (χ1n) is 12.8. The van der Waals surface area contributed by atoms with E-state index in [1.807, 2.05) is 0 Å². The van der Waals surface area contributed by atoms with E-state index in [0.29, 0.717) is 21.6 Å². The Morgan fingerprint density at radius 1 is 1.07 bits per heavy atom. The fourth-order valence-electron chi connectivity index (χ4n) is 5.13. The van der Waals surface area contributed by atoms with E-state index in [1.165, 1.54) is 36.5 Å². The van der Waals surface area contributed by atoms with Gasteiger partial charge in [0, 0.05) is 42.0 Å². The predicted molar refractivity (Wildman–Crippen MR) is 135 cm³/mol. The Balaban J connectivity index is 1.38. The standard InChI is InChI=1S/C29H23F6N3O4/c1-16(29(33,34)35)38(13-17-2-5-22(30)6-3-17)25(40)14-37-15-42-28(27(37)41)23-7-4-18(8-19(23)10-24(28)39)20-9-21(26(31)32)12-36-11-20/h2-9,11-12,16,26H,10,13-15H2,1H3/t16-,28+/m0/s1. The van der Waals surface area contributed by atoms with Gasteiger partial charge in [-0.05, 0) is 41.8 Å². The van der Waals surface area contributed by atoms with Crippen molar-refractivity contribution in [3.63, 3.8) is 0 Å². The number of amides is 2. The third kappa shape index (κ3) is 5.24. The Kier molecular flexibility index (Phi) is 7.56. The molecule has 1 saturated heterocycles. The third-order valence-corrected chi connectivity index (χ3v) is 7.45. The van der Waals surface area contributed by atoms with Crippen molar-refractivity contribution in [3.8, 4) is 11.1 Å². The third-order valence-electron chi connectivity index (χ3n) is 7.45. The molecule has 0 radical (unpaired) electrons. The van der Waals surface area contributed by atoms with E-state index < -0.39 is 67.5 Å². The minimum Gasteiger partial charge on any atom is -0.332 e. The average Bonchev–Trinajstić information content (AvgIpc) is 3.43. The molecule has 7 nitrogen and oxygen atoms in total. The van der Waals surface area contributed by atoms with Crippen LogP contribution in [0.4, 0.5) is 26.3 Å². The quantitative estimate of drug-likeness (QED) is 0.287. The normalized spacial score (nSPS) is 19.1. The van der Waals surface area contributed by atoms with E-state index in [-0.39, 0.29) is 23.1 Å². The maximum Gasteiger partial charge on any atom is 0.408 e. The number of benzene rings is 2. The Morgan fingerprint density at radius 2 is 1.79 bits per heavy atom. The lowest BCUT2D eigenvalue weighted by molar-refractivity contribution is -0.187. The smallest absolute Gasteiger partial charge is 0.332 e. The molecule has 5 rings (SSSR count). The van der Waals surface area contributed by atoms with Gasteiger partial charge in [0.1, 0.15) is 25.1 Å². The lowest BCUT2D eigenvalue weighted by Crippen LogP contribution is -2.51. The van der Waals surface area contributed by atoms with Gasteiger partial charge in [-0.2, -0.15) is 13.2 Å². The number of Topliss-reactive ketones (excluding diaryl/α,β-unsaturated/α-hetero) is 1. The maximum atomic E-state index is 13.6. The molecule has 2 aliphatic rings. The highest BCUT2D eigenvalue weighted by molar-refractivity contribution is 6.15. The molecule has 0 saturated carbocycles. The van der Waals surface area contributed by atoms with Crippen LogP contribution in [0.3, 0.4) is 0 Å². The van der Waals surface area contributed by atoms with Gasteiger partial charge in [-0.15, -0.1) is 0 Å². The van der Waals surface area contributed by atoms with Crippen LogP contribution in [0.2, 0.25) is 0 Å².